The van der Waals surface area contributed by atoms with Crippen LogP contribution in [0.4, 0.5) is 5.95 Å². The number of carbonyl (C=O) groups is 2. The molecule has 0 aromatic carbocycles. The Morgan fingerprint density at radius 2 is 2.24 bits per heavy atom. The predicted octanol–water partition coefficient (Wildman–Crippen LogP) is 0.940. The van der Waals surface area contributed by atoms with Crippen LogP contribution in [-0.2, 0) is 9.59 Å². The number of fused-ring (bicyclic) bond motifs is 1. The fourth-order valence-electron chi connectivity index (χ4n) is 2.95. The minimum atomic E-state index is -0.930. The summed E-state index contributed by atoms with van der Waals surface area (Å²) in [6.45, 7) is 1.83. The average molecular weight is 288 g/mol. The number of H-pyrrole nitrogens is 1. The Labute approximate surface area is 119 Å². The summed E-state index contributed by atoms with van der Waals surface area (Å²) in [5.74, 6) is -1.82. The smallest absolute Gasteiger partial charge is 0.390 e. The van der Waals surface area contributed by atoms with E-state index in [9.17, 15) is 19.7 Å². The van der Waals surface area contributed by atoms with Crippen molar-refractivity contribution in [3.8, 4) is 0 Å². The van der Waals surface area contributed by atoms with Gasteiger partial charge in [0.25, 0.3) is 0 Å². The van der Waals surface area contributed by atoms with Crippen molar-refractivity contribution in [1.82, 2.24) is 15.3 Å². The quantitative estimate of drug-likeness (QED) is 0.487. The van der Waals surface area contributed by atoms with E-state index in [1.165, 1.54) is 6.20 Å². The van der Waals surface area contributed by atoms with Crippen molar-refractivity contribution >= 4 is 23.3 Å². The Morgan fingerprint density at radius 3 is 2.86 bits per heavy atom. The lowest BCUT2D eigenvalue weighted by Crippen LogP contribution is -2.34. The molecule has 2 heterocycles. The highest BCUT2D eigenvalue weighted by Crippen LogP contribution is 2.47. The van der Waals surface area contributed by atoms with Gasteiger partial charge in [0.15, 0.2) is 0 Å². The molecule has 1 aromatic rings. The molecular weight excluding hydrogens is 276 g/mol. The molecule has 2 unspecified atom stereocenters. The summed E-state index contributed by atoms with van der Waals surface area (Å²) < 4.78 is 0. The first-order valence-electron chi connectivity index (χ1n) is 6.44. The number of aromatic amines is 1. The van der Waals surface area contributed by atoms with Crippen molar-refractivity contribution in [2.45, 2.75) is 13.3 Å². The molecule has 1 fully saturated rings. The third kappa shape index (κ3) is 1.72. The number of amides is 2. The Morgan fingerprint density at radius 1 is 1.48 bits per heavy atom. The van der Waals surface area contributed by atoms with Gasteiger partial charge in [-0.2, -0.15) is 0 Å². The molecule has 0 spiro atoms. The van der Waals surface area contributed by atoms with E-state index in [0.29, 0.717) is 17.7 Å². The average Bonchev–Trinajstić information content (AvgIpc) is 3.04. The number of nitrogens with zero attached hydrogens (tertiary/aromatic N) is 2. The van der Waals surface area contributed by atoms with Crippen molar-refractivity contribution in [1.29, 1.82) is 0 Å². The van der Waals surface area contributed by atoms with Gasteiger partial charge >= 0.3 is 5.95 Å². The second-order valence-electron chi connectivity index (χ2n) is 5.00. The fraction of sp³-hybridized carbons (Fsp3) is 0.308. The van der Waals surface area contributed by atoms with E-state index in [4.69, 9.17) is 0 Å². The summed E-state index contributed by atoms with van der Waals surface area (Å²) in [5.41, 5.74) is -0.0249. The Hall–Kier alpha value is -2.77. The van der Waals surface area contributed by atoms with Crippen LogP contribution >= 0.6 is 0 Å². The number of hydrogen-bond donors (Lipinski definition) is 2. The molecule has 8 nitrogen and oxygen atoms in total. The molecule has 2 N–H and O–H groups in total. The zero-order chi connectivity index (χ0) is 15.2. The maximum absolute atomic E-state index is 12.1. The van der Waals surface area contributed by atoms with Crippen molar-refractivity contribution in [3.63, 3.8) is 0 Å². The molecule has 1 aromatic heterocycles. The molecule has 1 aliphatic heterocycles. The maximum atomic E-state index is 12.1. The van der Waals surface area contributed by atoms with Gasteiger partial charge in [0.1, 0.15) is 11.9 Å². The molecule has 0 bridgehead atoms. The number of imide groups is 1. The summed E-state index contributed by atoms with van der Waals surface area (Å²) >= 11 is 0. The summed E-state index contributed by atoms with van der Waals surface area (Å²) in [7, 11) is 0. The highest BCUT2D eigenvalue weighted by atomic mass is 16.6. The number of imidazole rings is 1. The van der Waals surface area contributed by atoms with E-state index in [2.05, 4.69) is 15.3 Å². The van der Waals surface area contributed by atoms with Crippen LogP contribution in [0.25, 0.3) is 5.57 Å². The van der Waals surface area contributed by atoms with Crippen LogP contribution in [-0.4, -0.2) is 26.7 Å². The van der Waals surface area contributed by atoms with Gasteiger partial charge in [0, 0.05) is 5.57 Å². The van der Waals surface area contributed by atoms with Crippen LogP contribution in [0.1, 0.15) is 19.0 Å². The number of carbonyl (C=O) groups excluding carboxylic acids is 2. The van der Waals surface area contributed by atoms with Gasteiger partial charge in [-0.3, -0.25) is 14.9 Å². The summed E-state index contributed by atoms with van der Waals surface area (Å²) in [5, 5.41) is 13.0. The largest absolute Gasteiger partial charge is 0.432 e. The van der Waals surface area contributed by atoms with E-state index in [1.54, 1.807) is 18.2 Å². The summed E-state index contributed by atoms with van der Waals surface area (Å²) in [6, 6.07) is 0. The lowest BCUT2D eigenvalue weighted by Gasteiger charge is -2.29. The standard InChI is InChI=1S/C13H12N4O4/c1-2-13-5-3-4-7(9(13)10(18)16-11(13)19)8-6-14-12(15-8)17(20)21/h3-6,9H,2H2,1H3,(H,14,15)(H,16,18,19). The summed E-state index contributed by atoms with van der Waals surface area (Å²) in [4.78, 5) is 40.5. The lowest BCUT2D eigenvalue weighted by molar-refractivity contribution is -0.393. The highest BCUT2D eigenvalue weighted by molar-refractivity contribution is 6.14. The molecule has 8 heteroatoms. The zero-order valence-electron chi connectivity index (χ0n) is 11.1. The number of hydrogen-bond acceptors (Lipinski definition) is 5. The monoisotopic (exact) mass is 288 g/mol. The van der Waals surface area contributed by atoms with Gasteiger partial charge < -0.3 is 10.1 Å². The molecule has 108 valence electrons. The van der Waals surface area contributed by atoms with Crippen LogP contribution in [0.15, 0.2) is 24.4 Å². The van der Waals surface area contributed by atoms with Gasteiger partial charge in [0.2, 0.25) is 11.8 Å². The van der Waals surface area contributed by atoms with Gasteiger partial charge in [0.05, 0.1) is 11.3 Å². The van der Waals surface area contributed by atoms with E-state index < -0.39 is 28.1 Å². The van der Waals surface area contributed by atoms with E-state index in [1.807, 2.05) is 6.92 Å². The first-order chi connectivity index (χ1) is 9.99. The number of nitrogens with one attached hydrogen (secondary N) is 2. The topological polar surface area (TPSA) is 118 Å². The third-order valence-electron chi connectivity index (χ3n) is 4.05. The van der Waals surface area contributed by atoms with Gasteiger partial charge in [-0.1, -0.05) is 30.1 Å². The van der Waals surface area contributed by atoms with Crippen LogP contribution in [0.2, 0.25) is 0 Å². The van der Waals surface area contributed by atoms with Crippen LogP contribution in [0.5, 0.6) is 0 Å². The van der Waals surface area contributed by atoms with Crippen LogP contribution in [0, 0.1) is 21.4 Å². The Bertz CT molecular complexity index is 718. The lowest BCUT2D eigenvalue weighted by atomic mass is 9.68. The van der Waals surface area contributed by atoms with E-state index in [0.717, 1.165) is 0 Å². The number of aromatic nitrogens is 2. The van der Waals surface area contributed by atoms with Crippen LogP contribution < -0.4 is 5.32 Å². The molecule has 0 radical (unpaired) electrons. The Kier molecular flexibility index (Phi) is 2.75. The molecule has 2 amide bonds. The second kappa shape index (κ2) is 4.37. The predicted molar refractivity (Wildman–Crippen MR) is 71.7 cm³/mol. The minimum Gasteiger partial charge on any atom is -0.390 e. The van der Waals surface area contributed by atoms with E-state index in [-0.39, 0.29) is 5.91 Å². The molecule has 2 aliphatic rings. The number of rotatable bonds is 3. The Balaban J connectivity index is 2.08. The van der Waals surface area contributed by atoms with Gasteiger partial charge in [-0.25, -0.2) is 4.98 Å². The number of allylic oxidation sites excluding steroid dienone is 2. The van der Waals surface area contributed by atoms with Crippen molar-refractivity contribution < 1.29 is 14.5 Å². The molecule has 1 saturated heterocycles. The molecule has 0 saturated carbocycles. The van der Waals surface area contributed by atoms with Crippen LogP contribution in [0.3, 0.4) is 0 Å². The minimum absolute atomic E-state index is 0.337. The normalized spacial score (nSPS) is 27.3. The van der Waals surface area contributed by atoms with E-state index >= 15 is 0 Å². The third-order valence-corrected chi connectivity index (χ3v) is 4.05. The van der Waals surface area contributed by atoms with Gasteiger partial charge in [-0.15, -0.1) is 0 Å². The van der Waals surface area contributed by atoms with Crippen molar-refractivity contribution in [2.24, 2.45) is 11.3 Å². The molecule has 21 heavy (non-hydrogen) atoms. The maximum Gasteiger partial charge on any atom is 0.432 e. The highest BCUT2D eigenvalue weighted by Gasteiger charge is 2.55. The SMILES string of the molecule is CCC12C=CC=C(c3cnc([N+](=O)[O-])[nH]3)C1C(=O)NC2=O. The van der Waals surface area contributed by atoms with Gasteiger partial charge in [-0.05, 0) is 11.3 Å². The molecule has 3 rings (SSSR count). The molecule has 1 aliphatic carbocycles. The molecular formula is C13H12N4O4. The fourth-order valence-corrected chi connectivity index (χ4v) is 2.95. The van der Waals surface area contributed by atoms with Crippen molar-refractivity contribution in [2.75, 3.05) is 0 Å². The number of nitro groups is 1. The second-order valence-corrected chi connectivity index (χ2v) is 5.00. The first-order valence-corrected chi connectivity index (χ1v) is 6.44. The van der Waals surface area contributed by atoms with Crippen molar-refractivity contribution in [3.05, 3.63) is 40.2 Å². The molecule has 2 atom stereocenters. The summed E-state index contributed by atoms with van der Waals surface area (Å²) in [6.07, 6.45) is 6.85. The zero-order valence-corrected chi connectivity index (χ0v) is 11.1. The first kappa shape index (κ1) is 13.2.